The second kappa shape index (κ2) is 11.6. The number of likely N-dealkylation sites (tertiary alicyclic amines) is 1. The number of rotatable bonds is 7. The Kier molecular flexibility index (Phi) is 8.83. The van der Waals surface area contributed by atoms with E-state index < -0.39 is 5.60 Å². The summed E-state index contributed by atoms with van der Waals surface area (Å²) in [6, 6.07) is 8.36. The number of hydrogen-bond donors (Lipinski definition) is 1. The molecule has 8 nitrogen and oxygen atoms in total. The monoisotopic (exact) mass is 461 g/mol. The van der Waals surface area contributed by atoms with Crippen LogP contribution in [0.25, 0.3) is 0 Å². The normalized spacial score (nSPS) is 18.2. The van der Waals surface area contributed by atoms with Gasteiger partial charge in [0.15, 0.2) is 6.61 Å². The molecule has 2 aliphatic heterocycles. The van der Waals surface area contributed by atoms with Crippen molar-refractivity contribution in [3.8, 4) is 5.75 Å². The fourth-order valence-corrected chi connectivity index (χ4v) is 4.28. The van der Waals surface area contributed by atoms with Crippen molar-refractivity contribution in [2.75, 3.05) is 51.3 Å². The van der Waals surface area contributed by atoms with E-state index in [4.69, 9.17) is 9.47 Å². The average molecular weight is 462 g/mol. The minimum atomic E-state index is -0.443. The van der Waals surface area contributed by atoms with Crippen LogP contribution < -0.4 is 15.0 Å². The number of benzene rings is 1. The molecule has 2 fully saturated rings. The molecule has 1 N–H and O–H groups in total. The van der Waals surface area contributed by atoms with Crippen LogP contribution >= 0.6 is 0 Å². The molecule has 2 heterocycles. The number of nitrogens with one attached hydrogen (secondary N) is 1. The molecular weight excluding hydrogens is 422 g/mol. The molecule has 8 heteroatoms. The van der Waals surface area contributed by atoms with Crippen molar-refractivity contribution in [3.63, 3.8) is 0 Å². The van der Waals surface area contributed by atoms with Gasteiger partial charge >= 0.3 is 12.1 Å². The molecule has 0 radical (unpaired) electrons. The number of hydrogen-bond acceptors (Lipinski definition) is 7. The quantitative estimate of drug-likeness (QED) is 0.623. The third-order valence-corrected chi connectivity index (χ3v) is 6.24. The summed E-state index contributed by atoms with van der Waals surface area (Å²) in [6.45, 7) is 10.2. The maximum Gasteiger partial charge on any atom is 0.410 e. The highest BCUT2D eigenvalue weighted by molar-refractivity contribution is 5.71. The van der Waals surface area contributed by atoms with E-state index in [9.17, 15) is 9.59 Å². The molecule has 0 aromatic heterocycles. The second-order valence-corrected chi connectivity index (χ2v) is 9.94. The summed E-state index contributed by atoms with van der Waals surface area (Å²) in [5.74, 6) is 0.956. The van der Waals surface area contributed by atoms with E-state index in [1.165, 1.54) is 12.8 Å². The predicted molar refractivity (Wildman–Crippen MR) is 128 cm³/mol. The van der Waals surface area contributed by atoms with E-state index in [2.05, 4.69) is 15.0 Å². The number of carbonyl (C=O) groups excluding carboxylic acids is 2. The molecule has 33 heavy (non-hydrogen) atoms. The van der Waals surface area contributed by atoms with Gasteiger partial charge in [-0.05, 0) is 83.2 Å². The molecule has 0 bridgehead atoms. The third kappa shape index (κ3) is 8.11. The Bertz CT molecular complexity index is 761. The Balaban J connectivity index is 1.33. The van der Waals surface area contributed by atoms with Crippen LogP contribution in [0.5, 0.6) is 5.75 Å². The van der Waals surface area contributed by atoms with Crippen LogP contribution in [-0.2, 0) is 14.3 Å². The zero-order chi connectivity index (χ0) is 23.8. The minimum Gasteiger partial charge on any atom is -0.482 e. The van der Waals surface area contributed by atoms with Crippen LogP contribution in [0.4, 0.5) is 10.5 Å². The van der Waals surface area contributed by atoms with E-state index in [-0.39, 0.29) is 18.7 Å². The van der Waals surface area contributed by atoms with Gasteiger partial charge in [-0.3, -0.25) is 0 Å². The van der Waals surface area contributed by atoms with Gasteiger partial charge in [-0.15, -0.1) is 0 Å². The zero-order valence-electron chi connectivity index (χ0n) is 20.5. The van der Waals surface area contributed by atoms with Crippen molar-refractivity contribution in [3.05, 3.63) is 24.3 Å². The molecule has 0 aliphatic carbocycles. The topological polar surface area (TPSA) is 80.3 Å². The maximum absolute atomic E-state index is 12.2. The standard InChI is InChI=1S/C25H39N3O5/c1-25(2,3)33-24(30)28-15-11-20(12-16-28)26-17-19-9-13-27(14-10-19)21-5-7-22(8-6-21)32-18-23(29)31-4/h5-8,19-20,26H,9-18H2,1-4H3. The summed E-state index contributed by atoms with van der Waals surface area (Å²) < 4.78 is 15.5. The lowest BCUT2D eigenvalue weighted by Gasteiger charge is -2.36. The molecule has 184 valence electrons. The fourth-order valence-electron chi connectivity index (χ4n) is 4.28. The average Bonchev–Trinajstić information content (AvgIpc) is 2.81. The SMILES string of the molecule is COC(=O)COc1ccc(N2CCC(CNC3CCN(C(=O)OC(C)(C)C)CC3)CC2)cc1. The molecule has 1 aromatic carbocycles. The van der Waals surface area contributed by atoms with Gasteiger partial charge < -0.3 is 29.3 Å². The van der Waals surface area contributed by atoms with Gasteiger partial charge in [-0.1, -0.05) is 0 Å². The summed E-state index contributed by atoms with van der Waals surface area (Å²) in [5.41, 5.74) is 0.739. The summed E-state index contributed by atoms with van der Waals surface area (Å²) >= 11 is 0. The van der Waals surface area contributed by atoms with E-state index >= 15 is 0 Å². The van der Waals surface area contributed by atoms with Gasteiger partial charge in [-0.25, -0.2) is 9.59 Å². The summed E-state index contributed by atoms with van der Waals surface area (Å²) in [6.07, 6.45) is 4.07. The zero-order valence-corrected chi connectivity index (χ0v) is 20.5. The maximum atomic E-state index is 12.2. The largest absolute Gasteiger partial charge is 0.482 e. The second-order valence-electron chi connectivity index (χ2n) is 9.94. The summed E-state index contributed by atoms with van der Waals surface area (Å²) in [4.78, 5) is 27.6. The first kappa shape index (κ1) is 25.1. The lowest BCUT2D eigenvalue weighted by molar-refractivity contribution is -0.142. The number of carbonyl (C=O) groups is 2. The molecule has 3 rings (SSSR count). The Labute approximate surface area is 197 Å². The van der Waals surface area contributed by atoms with Crippen molar-refractivity contribution in [2.45, 2.75) is 58.1 Å². The highest BCUT2D eigenvalue weighted by Gasteiger charge is 2.27. The van der Waals surface area contributed by atoms with Crippen molar-refractivity contribution in [1.82, 2.24) is 10.2 Å². The molecule has 1 amide bonds. The van der Waals surface area contributed by atoms with Crippen LogP contribution in [0.2, 0.25) is 0 Å². The molecule has 0 unspecified atom stereocenters. The number of anilines is 1. The smallest absolute Gasteiger partial charge is 0.410 e. The lowest BCUT2D eigenvalue weighted by atomic mass is 9.95. The molecule has 1 aromatic rings. The van der Waals surface area contributed by atoms with Crippen molar-refractivity contribution in [1.29, 1.82) is 0 Å². The first-order chi connectivity index (χ1) is 15.7. The highest BCUT2D eigenvalue weighted by atomic mass is 16.6. The van der Waals surface area contributed by atoms with Crippen LogP contribution in [0, 0.1) is 5.92 Å². The van der Waals surface area contributed by atoms with Crippen LogP contribution in [0.1, 0.15) is 46.5 Å². The minimum absolute atomic E-state index is 0.0751. The molecular formula is C25H39N3O5. The van der Waals surface area contributed by atoms with Crippen LogP contribution in [-0.4, -0.2) is 75.0 Å². The number of methoxy groups -OCH3 is 1. The first-order valence-corrected chi connectivity index (χ1v) is 12.0. The van der Waals surface area contributed by atoms with Gasteiger partial charge in [-0.2, -0.15) is 0 Å². The molecule has 2 aliphatic rings. The Morgan fingerprint density at radius 3 is 2.21 bits per heavy atom. The summed E-state index contributed by atoms with van der Waals surface area (Å²) in [5, 5.41) is 3.74. The van der Waals surface area contributed by atoms with Crippen LogP contribution in [0.3, 0.4) is 0 Å². The van der Waals surface area contributed by atoms with Gasteiger partial charge in [0.05, 0.1) is 7.11 Å². The molecule has 0 spiro atoms. The number of esters is 1. The Morgan fingerprint density at radius 1 is 1.00 bits per heavy atom. The number of piperidine rings is 2. The van der Waals surface area contributed by atoms with E-state index in [1.54, 1.807) is 0 Å². The predicted octanol–water partition coefficient (Wildman–Crippen LogP) is 3.44. The molecule has 0 atom stereocenters. The number of amides is 1. The van der Waals surface area contributed by atoms with Gasteiger partial charge in [0.1, 0.15) is 11.4 Å². The van der Waals surface area contributed by atoms with Crippen molar-refractivity contribution < 1.29 is 23.8 Å². The molecule has 0 saturated carbocycles. The highest BCUT2D eigenvalue weighted by Crippen LogP contribution is 2.25. The number of ether oxygens (including phenoxy) is 3. The summed E-state index contributed by atoms with van der Waals surface area (Å²) in [7, 11) is 1.35. The van der Waals surface area contributed by atoms with Crippen molar-refractivity contribution in [2.24, 2.45) is 5.92 Å². The van der Waals surface area contributed by atoms with Gasteiger partial charge in [0.2, 0.25) is 0 Å². The van der Waals surface area contributed by atoms with Gasteiger partial charge in [0.25, 0.3) is 0 Å². The van der Waals surface area contributed by atoms with Crippen molar-refractivity contribution >= 4 is 17.7 Å². The van der Waals surface area contributed by atoms with E-state index in [0.29, 0.717) is 17.7 Å². The van der Waals surface area contributed by atoms with Crippen LogP contribution in [0.15, 0.2) is 24.3 Å². The first-order valence-electron chi connectivity index (χ1n) is 12.0. The Hall–Kier alpha value is -2.48. The molecule has 2 saturated heterocycles. The number of nitrogens with zero attached hydrogens (tertiary/aromatic N) is 2. The third-order valence-electron chi connectivity index (χ3n) is 6.24. The van der Waals surface area contributed by atoms with E-state index in [1.807, 2.05) is 49.9 Å². The van der Waals surface area contributed by atoms with Gasteiger partial charge in [0, 0.05) is 37.9 Å². The Morgan fingerprint density at radius 2 is 1.64 bits per heavy atom. The lowest BCUT2D eigenvalue weighted by Crippen LogP contribution is -2.48. The fraction of sp³-hybridized carbons (Fsp3) is 0.680. The van der Waals surface area contributed by atoms with E-state index in [0.717, 1.165) is 58.4 Å².